The number of hydrogen-bond donors (Lipinski definition) is 2. The Morgan fingerprint density at radius 2 is 1.76 bits per heavy atom. The Balaban J connectivity index is 2.29. The maximum Gasteiger partial charge on any atom is 0.148 e. The van der Waals surface area contributed by atoms with Gasteiger partial charge in [-0.3, -0.25) is 0 Å². The smallest absolute Gasteiger partial charge is 0.148 e. The third-order valence-corrected chi connectivity index (χ3v) is 5.16. The highest BCUT2D eigenvalue weighted by Gasteiger charge is 2.27. The minimum atomic E-state index is -0.682. The van der Waals surface area contributed by atoms with E-state index < -0.39 is 11.9 Å². The maximum absolute atomic E-state index is 14.2. The van der Waals surface area contributed by atoms with Gasteiger partial charge in [-0.25, -0.2) is 4.39 Å². The highest BCUT2D eigenvalue weighted by atomic mass is 19.1. The van der Waals surface area contributed by atoms with E-state index in [0.717, 1.165) is 48.9 Å². The van der Waals surface area contributed by atoms with Crippen molar-refractivity contribution in [2.45, 2.75) is 71.4 Å². The van der Waals surface area contributed by atoms with Crippen molar-refractivity contribution < 1.29 is 19.0 Å². The van der Waals surface area contributed by atoms with Crippen LogP contribution < -0.4 is 5.73 Å². The van der Waals surface area contributed by atoms with E-state index in [2.05, 4.69) is 27.7 Å². The molecule has 29 heavy (non-hydrogen) atoms. The van der Waals surface area contributed by atoms with Gasteiger partial charge in [0.25, 0.3) is 0 Å². The summed E-state index contributed by atoms with van der Waals surface area (Å²) >= 11 is 0. The topological polar surface area (TPSA) is 69.6 Å². The number of aliphatic hydroxyl groups is 1. The van der Waals surface area contributed by atoms with Gasteiger partial charge in [-0.15, -0.1) is 0 Å². The van der Waals surface area contributed by atoms with E-state index in [-0.39, 0.29) is 17.7 Å². The van der Waals surface area contributed by atoms with Crippen LogP contribution in [0.25, 0.3) is 10.9 Å². The van der Waals surface area contributed by atoms with Gasteiger partial charge in [0.15, 0.2) is 0 Å². The molecule has 0 aliphatic carbocycles. The monoisotopic (exact) mass is 408 g/mol. The number of aliphatic hydroxyl groups excluding tert-OH is 1. The van der Waals surface area contributed by atoms with E-state index in [1.807, 2.05) is 10.6 Å². The third-order valence-electron chi connectivity index (χ3n) is 5.16. The van der Waals surface area contributed by atoms with Crippen molar-refractivity contribution in [1.82, 2.24) is 4.57 Å². The first-order valence-corrected chi connectivity index (χ1v) is 10.7. The second-order valence-electron chi connectivity index (χ2n) is 8.45. The van der Waals surface area contributed by atoms with Gasteiger partial charge < -0.3 is 24.9 Å². The molecule has 0 unspecified atom stereocenters. The molecule has 0 saturated heterocycles. The second-order valence-corrected chi connectivity index (χ2v) is 8.45. The lowest BCUT2D eigenvalue weighted by Gasteiger charge is -2.28. The number of ether oxygens (including phenoxy) is 2. The van der Waals surface area contributed by atoms with E-state index >= 15 is 0 Å². The van der Waals surface area contributed by atoms with Gasteiger partial charge in [0, 0.05) is 35.8 Å². The zero-order valence-electron chi connectivity index (χ0n) is 18.3. The van der Waals surface area contributed by atoms with Crippen molar-refractivity contribution in [1.29, 1.82) is 0 Å². The lowest BCUT2D eigenvalue weighted by molar-refractivity contribution is 0.0262. The average Bonchev–Trinajstić information content (AvgIpc) is 3.01. The molecule has 0 aliphatic heterocycles. The summed E-state index contributed by atoms with van der Waals surface area (Å²) in [5.41, 5.74) is 7.32. The van der Waals surface area contributed by atoms with Gasteiger partial charge >= 0.3 is 0 Å². The zero-order valence-corrected chi connectivity index (χ0v) is 18.3. The Labute approximate surface area is 174 Å². The van der Waals surface area contributed by atoms with Crippen LogP contribution in [0.5, 0.6) is 0 Å². The Morgan fingerprint density at radius 3 is 2.41 bits per heavy atom. The quantitative estimate of drug-likeness (QED) is 0.374. The van der Waals surface area contributed by atoms with Crippen molar-refractivity contribution in [2.75, 3.05) is 32.2 Å². The molecule has 2 rings (SSSR count). The van der Waals surface area contributed by atoms with E-state index in [4.69, 9.17) is 15.2 Å². The number of rotatable bonds is 13. The number of hydrogen-bond acceptors (Lipinski definition) is 4. The summed E-state index contributed by atoms with van der Waals surface area (Å²) < 4.78 is 27.6. The SMILES string of the molecule is CCCCOC[C@H](O)Cn1c(C(C)(C)COCCCC)cc2cc(N)c(F)cc21. The molecule has 0 bridgehead atoms. The minimum absolute atomic E-state index is 0.127. The van der Waals surface area contributed by atoms with Crippen molar-refractivity contribution in [2.24, 2.45) is 0 Å². The molecule has 6 heteroatoms. The summed E-state index contributed by atoms with van der Waals surface area (Å²) in [6, 6.07) is 5.13. The number of nitrogens with zero attached hydrogens (tertiary/aromatic N) is 1. The van der Waals surface area contributed by atoms with Crippen LogP contribution in [0.3, 0.4) is 0 Å². The largest absolute Gasteiger partial charge is 0.396 e. The van der Waals surface area contributed by atoms with Crippen LogP contribution in [0.15, 0.2) is 18.2 Å². The molecule has 1 atom stereocenters. The summed E-state index contributed by atoms with van der Waals surface area (Å²) in [7, 11) is 0. The summed E-state index contributed by atoms with van der Waals surface area (Å²) in [5, 5.41) is 11.4. The lowest BCUT2D eigenvalue weighted by Crippen LogP contribution is -2.31. The summed E-state index contributed by atoms with van der Waals surface area (Å²) in [4.78, 5) is 0. The fourth-order valence-corrected chi connectivity index (χ4v) is 3.44. The number of anilines is 1. The summed E-state index contributed by atoms with van der Waals surface area (Å²) in [6.07, 6.45) is 3.45. The number of fused-ring (bicyclic) bond motifs is 1. The third kappa shape index (κ3) is 6.43. The molecule has 0 radical (unpaired) electrons. The highest BCUT2D eigenvalue weighted by molar-refractivity contribution is 5.85. The Bertz CT molecular complexity index is 773. The zero-order chi connectivity index (χ0) is 21.4. The van der Waals surface area contributed by atoms with E-state index in [9.17, 15) is 9.50 Å². The first-order valence-electron chi connectivity index (χ1n) is 10.7. The Morgan fingerprint density at radius 1 is 1.10 bits per heavy atom. The van der Waals surface area contributed by atoms with Crippen LogP contribution in [-0.4, -0.2) is 42.2 Å². The van der Waals surface area contributed by atoms with E-state index in [1.165, 1.54) is 6.07 Å². The standard InChI is InChI=1S/C23H37FN2O3/c1-5-7-9-28-15-18(27)14-26-21-13-19(24)20(25)11-17(21)12-22(26)23(3,4)16-29-10-8-6-2/h11-13,18,27H,5-10,14-16,25H2,1-4H3/t18-/m1/s1. The number of aromatic nitrogens is 1. The van der Waals surface area contributed by atoms with Gasteiger partial charge in [0.1, 0.15) is 5.82 Å². The van der Waals surface area contributed by atoms with Gasteiger partial charge in [0.2, 0.25) is 0 Å². The van der Waals surface area contributed by atoms with Crippen LogP contribution in [0.1, 0.15) is 59.1 Å². The Hall–Kier alpha value is -1.63. The fraction of sp³-hybridized carbons (Fsp3) is 0.652. The number of unbranched alkanes of at least 4 members (excludes halogenated alkanes) is 2. The van der Waals surface area contributed by atoms with Gasteiger partial charge in [-0.1, -0.05) is 40.5 Å². The van der Waals surface area contributed by atoms with Gasteiger partial charge in [-0.2, -0.15) is 0 Å². The Kier molecular flexibility index (Phi) is 8.93. The predicted molar refractivity (Wildman–Crippen MR) is 117 cm³/mol. The molecule has 0 spiro atoms. The van der Waals surface area contributed by atoms with E-state index in [1.54, 1.807) is 6.07 Å². The van der Waals surface area contributed by atoms with Crippen LogP contribution in [0.2, 0.25) is 0 Å². The normalized spacial score (nSPS) is 13.3. The number of nitrogens with two attached hydrogens (primary N) is 1. The molecule has 2 aromatic rings. The molecule has 1 aromatic heterocycles. The van der Waals surface area contributed by atoms with Gasteiger partial charge in [-0.05, 0) is 25.0 Å². The van der Waals surface area contributed by atoms with Crippen LogP contribution in [-0.2, 0) is 21.4 Å². The van der Waals surface area contributed by atoms with Crippen LogP contribution >= 0.6 is 0 Å². The first kappa shape index (κ1) is 23.6. The molecular weight excluding hydrogens is 371 g/mol. The van der Waals surface area contributed by atoms with Crippen molar-refractivity contribution in [3.05, 3.63) is 29.7 Å². The summed E-state index contributed by atoms with van der Waals surface area (Å²) in [5.74, 6) is -0.450. The van der Waals surface area contributed by atoms with Crippen molar-refractivity contribution in [3.63, 3.8) is 0 Å². The molecule has 3 N–H and O–H groups in total. The van der Waals surface area contributed by atoms with Crippen molar-refractivity contribution in [3.8, 4) is 0 Å². The fourth-order valence-electron chi connectivity index (χ4n) is 3.44. The van der Waals surface area contributed by atoms with E-state index in [0.29, 0.717) is 19.8 Å². The maximum atomic E-state index is 14.2. The number of benzene rings is 1. The second kappa shape index (κ2) is 11.0. The molecule has 1 heterocycles. The molecule has 0 saturated carbocycles. The van der Waals surface area contributed by atoms with Crippen LogP contribution in [0, 0.1) is 5.82 Å². The molecule has 5 nitrogen and oxygen atoms in total. The highest BCUT2D eigenvalue weighted by Crippen LogP contribution is 2.32. The van der Waals surface area contributed by atoms with Crippen molar-refractivity contribution >= 4 is 16.6 Å². The van der Waals surface area contributed by atoms with Crippen LogP contribution in [0.4, 0.5) is 10.1 Å². The molecule has 0 fully saturated rings. The molecular formula is C23H37FN2O3. The number of halogens is 1. The van der Waals surface area contributed by atoms with Gasteiger partial charge in [0.05, 0.1) is 37.1 Å². The molecule has 0 amide bonds. The molecule has 1 aromatic carbocycles. The number of nitrogen functional groups attached to an aromatic ring is 1. The first-order chi connectivity index (χ1) is 13.8. The lowest BCUT2D eigenvalue weighted by atomic mass is 9.90. The minimum Gasteiger partial charge on any atom is -0.396 e. The molecule has 0 aliphatic rings. The predicted octanol–water partition coefficient (Wildman–Crippen LogP) is 4.63. The average molecular weight is 409 g/mol. The summed E-state index contributed by atoms with van der Waals surface area (Å²) in [6.45, 7) is 10.9. The molecule has 164 valence electrons.